The van der Waals surface area contributed by atoms with E-state index in [-0.39, 0.29) is 11.2 Å². The van der Waals surface area contributed by atoms with Gasteiger partial charge in [-0.2, -0.15) is 5.10 Å². The molecule has 0 fully saturated rings. The van der Waals surface area contributed by atoms with Gasteiger partial charge in [-0.1, -0.05) is 76.0 Å². The number of rotatable bonds is 3. The number of methoxy groups -OCH3 is 1. The Morgan fingerprint density at radius 1 is 1.09 bits per heavy atom. The van der Waals surface area contributed by atoms with Crippen molar-refractivity contribution in [3.05, 3.63) is 70.6 Å². The van der Waals surface area contributed by atoms with Crippen molar-refractivity contribution < 1.29 is 14.3 Å². The number of hydrogen-bond acceptors (Lipinski definition) is 6. The van der Waals surface area contributed by atoms with Crippen molar-refractivity contribution in [1.29, 1.82) is 0 Å². The highest BCUT2D eigenvalue weighted by atomic mass is 35.5. The summed E-state index contributed by atoms with van der Waals surface area (Å²) in [7, 11) is 5.02. The van der Waals surface area contributed by atoms with Gasteiger partial charge >= 0.3 is 0 Å². The van der Waals surface area contributed by atoms with Crippen LogP contribution in [-0.4, -0.2) is 48.6 Å². The summed E-state index contributed by atoms with van der Waals surface area (Å²) in [6.07, 6.45) is 4.68. The molecule has 2 heterocycles. The Hall–Kier alpha value is -3.03. The third kappa shape index (κ3) is 12.9. The van der Waals surface area contributed by atoms with Crippen molar-refractivity contribution in [2.24, 2.45) is 0 Å². The highest BCUT2D eigenvalue weighted by Crippen LogP contribution is 2.22. The second-order valence-electron chi connectivity index (χ2n) is 8.03. The molecular formula is C27H41ClN4O3. The number of aryl methyl sites for hydroxylation is 1. The van der Waals surface area contributed by atoms with Crippen LogP contribution >= 0.6 is 11.6 Å². The maximum Gasteiger partial charge on any atom is 0.176 e. The number of aromatic nitrogens is 3. The van der Waals surface area contributed by atoms with E-state index in [0.717, 1.165) is 5.69 Å². The van der Waals surface area contributed by atoms with E-state index >= 15 is 0 Å². The number of pyridine rings is 1. The Morgan fingerprint density at radius 3 is 2.00 bits per heavy atom. The van der Waals surface area contributed by atoms with Gasteiger partial charge < -0.3 is 14.8 Å². The van der Waals surface area contributed by atoms with Gasteiger partial charge in [0.25, 0.3) is 0 Å². The molecular weight excluding hydrogens is 464 g/mol. The van der Waals surface area contributed by atoms with Crippen molar-refractivity contribution in [3.8, 4) is 5.82 Å². The fourth-order valence-corrected chi connectivity index (χ4v) is 2.63. The van der Waals surface area contributed by atoms with Gasteiger partial charge in [0.15, 0.2) is 11.6 Å². The van der Waals surface area contributed by atoms with Crippen molar-refractivity contribution in [1.82, 2.24) is 14.8 Å². The number of ketones is 1. The summed E-state index contributed by atoms with van der Waals surface area (Å²) in [6, 6.07) is 10.5. The third-order valence-electron chi connectivity index (χ3n) is 4.23. The minimum atomic E-state index is -0.0313. The molecule has 194 valence electrons. The quantitative estimate of drug-likeness (QED) is 0.406. The number of benzene rings is 1. The summed E-state index contributed by atoms with van der Waals surface area (Å²) < 4.78 is 5.79. The van der Waals surface area contributed by atoms with Gasteiger partial charge in [0.1, 0.15) is 6.79 Å². The molecule has 3 rings (SSSR count). The van der Waals surface area contributed by atoms with Gasteiger partial charge in [0.2, 0.25) is 0 Å². The van der Waals surface area contributed by atoms with Gasteiger partial charge in [0, 0.05) is 33.7 Å². The zero-order chi connectivity index (χ0) is 27.6. The molecule has 35 heavy (non-hydrogen) atoms. The minimum absolute atomic E-state index is 0.0313. The van der Waals surface area contributed by atoms with E-state index in [1.54, 1.807) is 38.2 Å². The van der Waals surface area contributed by atoms with E-state index in [1.165, 1.54) is 30.4 Å². The standard InChI is InChI=1S/C11H11ClN4O.C11H16.C2H6O.C2H6.CH2O/c1-7(17)8-4-15-16(6-8)11-10(13-2)3-9(12)5-14-11;1-9-5-7-10(8-6-9)11(2,3)4;1-3-2;2*1-2/h3-6,13H,1-2H3;5-8H,1-4H3;1-2H3;1-2H3;1H2. The highest BCUT2D eigenvalue weighted by molar-refractivity contribution is 6.30. The van der Waals surface area contributed by atoms with Crippen LogP contribution in [0.4, 0.5) is 5.69 Å². The average Bonchev–Trinajstić information content (AvgIpc) is 3.33. The van der Waals surface area contributed by atoms with E-state index < -0.39 is 0 Å². The molecule has 1 aromatic carbocycles. The van der Waals surface area contributed by atoms with Crippen LogP contribution in [0.25, 0.3) is 5.82 Å². The van der Waals surface area contributed by atoms with Crippen LogP contribution < -0.4 is 5.32 Å². The molecule has 0 unspecified atom stereocenters. The Bertz CT molecular complexity index is 981. The Labute approximate surface area is 215 Å². The van der Waals surface area contributed by atoms with Gasteiger partial charge in [-0.15, -0.1) is 0 Å². The number of carbonyl (C=O) groups excluding carboxylic acids is 2. The molecule has 7 nitrogen and oxygen atoms in total. The SMILES string of the molecule is C=O.CC.CNc1cc(Cl)cnc1-n1cc(C(C)=O)cn1.COC.Cc1ccc(C(C)(C)C)cc1. The molecule has 0 aliphatic heterocycles. The second kappa shape index (κ2) is 18.3. The molecule has 0 amide bonds. The van der Waals surface area contributed by atoms with Crippen LogP contribution in [0.2, 0.25) is 5.02 Å². The highest BCUT2D eigenvalue weighted by Gasteiger charge is 2.12. The van der Waals surface area contributed by atoms with Crippen molar-refractivity contribution in [2.75, 3.05) is 26.6 Å². The van der Waals surface area contributed by atoms with E-state index in [4.69, 9.17) is 16.4 Å². The Kier molecular flexibility index (Phi) is 17.9. The fourth-order valence-electron chi connectivity index (χ4n) is 2.47. The first-order valence-corrected chi connectivity index (χ1v) is 11.6. The van der Waals surface area contributed by atoms with E-state index in [1.807, 2.05) is 20.6 Å². The van der Waals surface area contributed by atoms with Crippen molar-refractivity contribution in [2.45, 2.75) is 53.9 Å². The smallest absolute Gasteiger partial charge is 0.176 e. The third-order valence-corrected chi connectivity index (χ3v) is 4.43. The van der Waals surface area contributed by atoms with Gasteiger partial charge in [-0.3, -0.25) is 4.79 Å². The summed E-state index contributed by atoms with van der Waals surface area (Å²) in [4.78, 5) is 23.4. The first-order valence-electron chi connectivity index (χ1n) is 11.2. The zero-order valence-electron chi connectivity index (χ0n) is 22.8. The van der Waals surface area contributed by atoms with E-state index in [9.17, 15) is 4.79 Å². The topological polar surface area (TPSA) is 86.1 Å². The molecule has 2 aromatic heterocycles. The molecule has 0 atom stereocenters. The van der Waals surface area contributed by atoms with E-state index in [0.29, 0.717) is 16.4 Å². The van der Waals surface area contributed by atoms with Gasteiger partial charge in [-0.25, -0.2) is 9.67 Å². The molecule has 0 bridgehead atoms. The number of Topliss-reactive ketones (excluding diaryl/α,β-unsaturated/α-hetero) is 1. The zero-order valence-corrected chi connectivity index (χ0v) is 23.5. The predicted octanol–water partition coefficient (Wildman–Crippen LogP) is 6.56. The number of halogens is 1. The molecule has 1 N–H and O–H groups in total. The number of carbonyl (C=O) groups is 2. The summed E-state index contributed by atoms with van der Waals surface area (Å²) >= 11 is 5.85. The monoisotopic (exact) mass is 504 g/mol. The summed E-state index contributed by atoms with van der Waals surface area (Å²) in [6.45, 7) is 16.3. The molecule has 0 saturated heterocycles. The number of anilines is 1. The Balaban J connectivity index is 0. The van der Waals surface area contributed by atoms with Crippen LogP contribution in [0.1, 0.15) is 63.0 Å². The second-order valence-corrected chi connectivity index (χ2v) is 8.47. The molecule has 0 aliphatic rings. The predicted molar refractivity (Wildman–Crippen MR) is 147 cm³/mol. The maximum absolute atomic E-state index is 11.2. The summed E-state index contributed by atoms with van der Waals surface area (Å²) in [5.74, 6) is 0.570. The van der Waals surface area contributed by atoms with Crippen LogP contribution in [0.3, 0.4) is 0 Å². The normalized spacial score (nSPS) is 9.46. The molecule has 3 aromatic rings. The number of nitrogens with zero attached hydrogens (tertiary/aromatic N) is 3. The molecule has 0 spiro atoms. The molecule has 8 heteroatoms. The van der Waals surface area contributed by atoms with Gasteiger partial charge in [-0.05, 0) is 30.9 Å². The van der Waals surface area contributed by atoms with Crippen molar-refractivity contribution >= 4 is 29.9 Å². The van der Waals surface area contributed by atoms with Crippen LogP contribution in [0.15, 0.2) is 48.9 Å². The lowest BCUT2D eigenvalue weighted by Crippen LogP contribution is -2.10. The van der Waals surface area contributed by atoms with Crippen LogP contribution in [0.5, 0.6) is 0 Å². The number of ether oxygens (including phenoxy) is 1. The minimum Gasteiger partial charge on any atom is -0.388 e. The molecule has 0 aliphatic carbocycles. The first-order chi connectivity index (χ1) is 16.5. The molecule has 0 radical (unpaired) electrons. The number of nitrogens with one attached hydrogen (secondary N) is 1. The van der Waals surface area contributed by atoms with E-state index in [2.05, 4.69) is 72.1 Å². The lowest BCUT2D eigenvalue weighted by atomic mass is 9.87. The lowest BCUT2D eigenvalue weighted by Gasteiger charge is -2.18. The molecule has 0 saturated carbocycles. The van der Waals surface area contributed by atoms with Gasteiger partial charge in [0.05, 0.1) is 22.5 Å². The summed E-state index contributed by atoms with van der Waals surface area (Å²) in [5.41, 5.74) is 4.31. The largest absolute Gasteiger partial charge is 0.388 e. The maximum atomic E-state index is 11.2. The Morgan fingerprint density at radius 2 is 1.60 bits per heavy atom. The number of hydrogen-bond donors (Lipinski definition) is 1. The van der Waals surface area contributed by atoms with Crippen molar-refractivity contribution in [3.63, 3.8) is 0 Å². The lowest BCUT2D eigenvalue weighted by molar-refractivity contribution is -0.0980. The van der Waals surface area contributed by atoms with Crippen LogP contribution in [0, 0.1) is 6.92 Å². The first kappa shape index (κ1) is 34.1. The van der Waals surface area contributed by atoms with Crippen LogP contribution in [-0.2, 0) is 14.9 Å². The average molecular weight is 505 g/mol. The fraction of sp³-hybridized carbons (Fsp3) is 0.407. The summed E-state index contributed by atoms with van der Waals surface area (Å²) in [5, 5.41) is 7.62.